The van der Waals surface area contributed by atoms with Crippen LogP contribution in [0, 0.1) is 0 Å². The van der Waals surface area contributed by atoms with E-state index in [1.807, 2.05) is 66.7 Å². The van der Waals surface area contributed by atoms with Crippen LogP contribution in [0.4, 0.5) is 0 Å². The molecule has 0 unspecified atom stereocenters. The lowest BCUT2D eigenvalue weighted by Crippen LogP contribution is -2.25. The first-order chi connectivity index (χ1) is 15.2. The van der Waals surface area contributed by atoms with Gasteiger partial charge < -0.3 is 14.8 Å². The molecule has 0 bridgehead atoms. The first-order valence-corrected chi connectivity index (χ1v) is 9.75. The summed E-state index contributed by atoms with van der Waals surface area (Å²) in [5.41, 5.74) is 3.52. The molecule has 2 heterocycles. The number of nitrogens with zero attached hydrogens (tertiary/aromatic N) is 3. The van der Waals surface area contributed by atoms with Crippen molar-refractivity contribution in [1.82, 2.24) is 20.1 Å². The molecule has 4 rings (SSSR count). The molecule has 2 aromatic carbocycles. The Morgan fingerprint density at radius 2 is 1.61 bits per heavy atom. The molecule has 7 heteroatoms. The van der Waals surface area contributed by atoms with Gasteiger partial charge in [-0.05, 0) is 66.7 Å². The third kappa shape index (κ3) is 4.56. The van der Waals surface area contributed by atoms with Gasteiger partial charge >= 0.3 is 0 Å². The lowest BCUT2D eigenvalue weighted by Gasteiger charge is -2.09. The maximum Gasteiger partial charge on any atom is 0.270 e. The highest BCUT2D eigenvalue weighted by molar-refractivity contribution is 5.94. The second-order valence-corrected chi connectivity index (χ2v) is 6.76. The SMILES string of the molecule is COc1ccc(-c2cc(C(=O)NCc3ccccn3)n(-c3ccc(OC)cc3)n2)cc1. The molecule has 0 spiro atoms. The topological polar surface area (TPSA) is 78.3 Å². The van der Waals surface area contributed by atoms with E-state index in [0.717, 1.165) is 28.4 Å². The Kier molecular flexibility index (Phi) is 5.93. The number of hydrogen-bond donors (Lipinski definition) is 1. The van der Waals surface area contributed by atoms with Gasteiger partial charge in [-0.15, -0.1) is 0 Å². The van der Waals surface area contributed by atoms with Crippen LogP contribution in [0.3, 0.4) is 0 Å². The molecule has 7 nitrogen and oxygen atoms in total. The highest BCUT2D eigenvalue weighted by Gasteiger charge is 2.18. The number of benzene rings is 2. The lowest BCUT2D eigenvalue weighted by atomic mass is 10.1. The lowest BCUT2D eigenvalue weighted by molar-refractivity contribution is 0.0942. The van der Waals surface area contributed by atoms with Crippen LogP contribution >= 0.6 is 0 Å². The number of nitrogens with one attached hydrogen (secondary N) is 1. The van der Waals surface area contributed by atoms with Crippen LogP contribution in [0.15, 0.2) is 79.0 Å². The first-order valence-electron chi connectivity index (χ1n) is 9.75. The predicted octanol–water partition coefficient (Wildman–Crippen LogP) is 3.88. The van der Waals surface area contributed by atoms with Gasteiger partial charge in [-0.25, -0.2) is 4.68 Å². The zero-order valence-corrected chi connectivity index (χ0v) is 17.3. The summed E-state index contributed by atoms with van der Waals surface area (Å²) in [7, 11) is 3.23. The number of methoxy groups -OCH3 is 2. The molecule has 2 aromatic heterocycles. The Morgan fingerprint density at radius 3 is 2.23 bits per heavy atom. The minimum atomic E-state index is -0.242. The van der Waals surface area contributed by atoms with E-state index in [-0.39, 0.29) is 5.91 Å². The Morgan fingerprint density at radius 1 is 0.935 bits per heavy atom. The van der Waals surface area contributed by atoms with E-state index < -0.39 is 0 Å². The number of aromatic nitrogens is 3. The summed E-state index contributed by atoms with van der Waals surface area (Å²) in [6.07, 6.45) is 1.70. The largest absolute Gasteiger partial charge is 0.497 e. The van der Waals surface area contributed by atoms with E-state index in [9.17, 15) is 4.79 Å². The second-order valence-electron chi connectivity index (χ2n) is 6.76. The normalized spacial score (nSPS) is 10.5. The van der Waals surface area contributed by atoms with E-state index >= 15 is 0 Å². The maximum absolute atomic E-state index is 13.0. The van der Waals surface area contributed by atoms with Crippen molar-refractivity contribution < 1.29 is 14.3 Å². The third-order valence-corrected chi connectivity index (χ3v) is 4.80. The van der Waals surface area contributed by atoms with Crippen LogP contribution in [0.2, 0.25) is 0 Å². The molecular formula is C24H22N4O3. The van der Waals surface area contributed by atoms with Gasteiger partial charge in [-0.3, -0.25) is 9.78 Å². The highest BCUT2D eigenvalue weighted by atomic mass is 16.5. The van der Waals surface area contributed by atoms with Crippen molar-refractivity contribution in [2.24, 2.45) is 0 Å². The highest BCUT2D eigenvalue weighted by Crippen LogP contribution is 2.25. The zero-order valence-electron chi connectivity index (χ0n) is 17.3. The van der Waals surface area contributed by atoms with Crippen molar-refractivity contribution in [2.45, 2.75) is 6.54 Å². The van der Waals surface area contributed by atoms with Crippen molar-refractivity contribution in [2.75, 3.05) is 14.2 Å². The fraction of sp³-hybridized carbons (Fsp3) is 0.125. The van der Waals surface area contributed by atoms with E-state index in [1.165, 1.54) is 0 Å². The fourth-order valence-electron chi connectivity index (χ4n) is 3.13. The summed E-state index contributed by atoms with van der Waals surface area (Å²) < 4.78 is 12.1. The molecule has 0 fully saturated rings. The van der Waals surface area contributed by atoms with Gasteiger partial charge in [0.15, 0.2) is 0 Å². The maximum atomic E-state index is 13.0. The molecule has 0 aliphatic carbocycles. The Bertz CT molecular complexity index is 1150. The Hall–Kier alpha value is -4.13. The number of amides is 1. The smallest absolute Gasteiger partial charge is 0.270 e. The number of carbonyl (C=O) groups excluding carboxylic acids is 1. The molecular weight excluding hydrogens is 392 g/mol. The minimum absolute atomic E-state index is 0.242. The van der Waals surface area contributed by atoms with Crippen molar-refractivity contribution in [1.29, 1.82) is 0 Å². The number of pyridine rings is 1. The van der Waals surface area contributed by atoms with E-state index in [0.29, 0.717) is 17.9 Å². The monoisotopic (exact) mass is 414 g/mol. The molecule has 0 radical (unpaired) electrons. The van der Waals surface area contributed by atoms with Crippen molar-refractivity contribution in [3.8, 4) is 28.4 Å². The molecule has 1 N–H and O–H groups in total. The molecule has 4 aromatic rings. The number of hydrogen-bond acceptors (Lipinski definition) is 5. The first kappa shape index (κ1) is 20.2. The predicted molar refractivity (Wildman–Crippen MR) is 118 cm³/mol. The summed E-state index contributed by atoms with van der Waals surface area (Å²) in [5.74, 6) is 1.24. The van der Waals surface area contributed by atoms with E-state index in [1.54, 1.807) is 31.2 Å². The van der Waals surface area contributed by atoms with Crippen LogP contribution in [0.1, 0.15) is 16.2 Å². The van der Waals surface area contributed by atoms with Gasteiger partial charge in [0.25, 0.3) is 5.91 Å². The summed E-state index contributed by atoms with van der Waals surface area (Å²) in [4.78, 5) is 17.3. The van der Waals surface area contributed by atoms with Crippen molar-refractivity contribution in [3.63, 3.8) is 0 Å². The standard InChI is InChI=1S/C24H22N4O3/c1-30-20-10-6-17(7-11-20)22-15-23(24(29)26-16-18-5-3-4-14-25-18)28(27-22)19-8-12-21(31-2)13-9-19/h3-15H,16H2,1-2H3,(H,26,29). The summed E-state index contributed by atoms with van der Waals surface area (Å²) in [5, 5.41) is 7.62. The van der Waals surface area contributed by atoms with Gasteiger partial charge in [0.1, 0.15) is 17.2 Å². The Labute approximate surface area is 180 Å². The third-order valence-electron chi connectivity index (χ3n) is 4.80. The molecule has 156 valence electrons. The molecule has 31 heavy (non-hydrogen) atoms. The van der Waals surface area contributed by atoms with Crippen LogP contribution < -0.4 is 14.8 Å². The number of rotatable bonds is 7. The van der Waals surface area contributed by atoms with Crippen molar-refractivity contribution >= 4 is 5.91 Å². The van der Waals surface area contributed by atoms with Gasteiger partial charge in [0.05, 0.1) is 37.8 Å². The molecule has 0 saturated heterocycles. The molecule has 0 atom stereocenters. The molecule has 0 aliphatic rings. The number of ether oxygens (including phenoxy) is 2. The second kappa shape index (κ2) is 9.13. The fourth-order valence-corrected chi connectivity index (χ4v) is 3.13. The summed E-state index contributed by atoms with van der Waals surface area (Å²) in [6, 6.07) is 22.3. The molecule has 0 aliphatic heterocycles. The van der Waals surface area contributed by atoms with Crippen LogP contribution in [-0.2, 0) is 6.54 Å². The van der Waals surface area contributed by atoms with Gasteiger partial charge in [0, 0.05) is 11.8 Å². The van der Waals surface area contributed by atoms with Gasteiger partial charge in [-0.2, -0.15) is 5.10 Å². The van der Waals surface area contributed by atoms with E-state index in [4.69, 9.17) is 14.6 Å². The zero-order chi connectivity index (χ0) is 21.6. The van der Waals surface area contributed by atoms with E-state index in [2.05, 4.69) is 10.3 Å². The quantitative estimate of drug-likeness (QED) is 0.497. The van der Waals surface area contributed by atoms with Crippen LogP contribution in [-0.4, -0.2) is 34.9 Å². The van der Waals surface area contributed by atoms with Crippen molar-refractivity contribution in [3.05, 3.63) is 90.4 Å². The average molecular weight is 414 g/mol. The van der Waals surface area contributed by atoms with Crippen LogP contribution in [0.5, 0.6) is 11.5 Å². The van der Waals surface area contributed by atoms with Gasteiger partial charge in [0.2, 0.25) is 0 Å². The summed E-state index contributed by atoms with van der Waals surface area (Å²) in [6.45, 7) is 0.325. The summed E-state index contributed by atoms with van der Waals surface area (Å²) >= 11 is 0. The Balaban J connectivity index is 1.68. The average Bonchev–Trinajstić information content (AvgIpc) is 3.29. The van der Waals surface area contributed by atoms with Crippen LogP contribution in [0.25, 0.3) is 16.9 Å². The number of carbonyl (C=O) groups is 1. The minimum Gasteiger partial charge on any atom is -0.497 e. The molecule has 0 saturated carbocycles. The van der Waals surface area contributed by atoms with Gasteiger partial charge in [-0.1, -0.05) is 6.07 Å². The molecule has 1 amide bonds.